The molecule has 2 aromatic rings. The zero-order chi connectivity index (χ0) is 14.0. The maximum atomic E-state index is 12.2. The first kappa shape index (κ1) is 13.6. The number of rotatable bonds is 4. The van der Waals surface area contributed by atoms with E-state index in [2.05, 4.69) is 18.3 Å². The highest BCUT2D eigenvalue weighted by molar-refractivity contribution is 5.99. The smallest absolute Gasteiger partial charge is 0.267 e. The molecule has 4 nitrogen and oxygen atoms in total. The molecule has 102 valence electrons. The first-order chi connectivity index (χ1) is 9.00. The van der Waals surface area contributed by atoms with Gasteiger partial charge in [-0.2, -0.15) is 0 Å². The average Bonchev–Trinajstić information content (AvgIpc) is 2.67. The Hall–Kier alpha value is -1.81. The summed E-state index contributed by atoms with van der Waals surface area (Å²) in [5.74, 6) is -0.0139. The molecule has 0 radical (unpaired) electrons. The number of fused-ring (bicyclic) bond motifs is 1. The minimum Gasteiger partial charge on any atom is -0.349 e. The summed E-state index contributed by atoms with van der Waals surface area (Å²) < 4.78 is 1.97. The molecule has 1 aromatic carbocycles. The maximum absolute atomic E-state index is 12.2. The molecule has 0 saturated carbocycles. The molecule has 1 amide bonds. The molecule has 0 aliphatic carbocycles. The SMILES string of the molecule is Cc1cccc2cc(C(=O)NCCN(C)C)n(C)c12. The van der Waals surface area contributed by atoms with Crippen LogP contribution in [-0.2, 0) is 7.05 Å². The van der Waals surface area contributed by atoms with Crippen LogP contribution >= 0.6 is 0 Å². The summed E-state index contributed by atoms with van der Waals surface area (Å²) in [6.45, 7) is 3.57. The molecule has 0 atom stereocenters. The zero-order valence-corrected chi connectivity index (χ0v) is 12.0. The molecule has 0 aliphatic rings. The van der Waals surface area contributed by atoms with Crippen molar-refractivity contribution in [1.82, 2.24) is 14.8 Å². The fraction of sp³-hybridized carbons (Fsp3) is 0.400. The van der Waals surface area contributed by atoms with Crippen LogP contribution in [0.3, 0.4) is 0 Å². The van der Waals surface area contributed by atoms with Crippen LogP contribution < -0.4 is 5.32 Å². The van der Waals surface area contributed by atoms with Gasteiger partial charge in [0.15, 0.2) is 0 Å². The number of aromatic nitrogens is 1. The molecule has 1 heterocycles. The van der Waals surface area contributed by atoms with E-state index in [-0.39, 0.29) is 5.91 Å². The predicted molar refractivity (Wildman–Crippen MR) is 78.5 cm³/mol. The van der Waals surface area contributed by atoms with Crippen molar-refractivity contribution in [3.05, 3.63) is 35.5 Å². The van der Waals surface area contributed by atoms with Gasteiger partial charge < -0.3 is 14.8 Å². The standard InChI is InChI=1S/C15H21N3O/c1-11-6-5-7-12-10-13(18(4)14(11)12)15(19)16-8-9-17(2)3/h5-7,10H,8-9H2,1-4H3,(H,16,19). The second-order valence-corrected chi connectivity index (χ2v) is 5.16. The topological polar surface area (TPSA) is 37.3 Å². The zero-order valence-electron chi connectivity index (χ0n) is 12.0. The Bertz CT molecular complexity index is 599. The van der Waals surface area contributed by atoms with Crippen LogP contribution in [0.4, 0.5) is 0 Å². The van der Waals surface area contributed by atoms with Crippen LogP contribution in [0.15, 0.2) is 24.3 Å². The Morgan fingerprint density at radius 3 is 2.74 bits per heavy atom. The van der Waals surface area contributed by atoms with Crippen molar-refractivity contribution in [2.24, 2.45) is 7.05 Å². The van der Waals surface area contributed by atoms with Gasteiger partial charge in [-0.05, 0) is 32.6 Å². The third-order valence-electron chi connectivity index (χ3n) is 3.34. The van der Waals surface area contributed by atoms with E-state index < -0.39 is 0 Å². The quantitative estimate of drug-likeness (QED) is 0.908. The molecule has 0 bridgehead atoms. The molecular weight excluding hydrogens is 238 g/mol. The number of hydrogen-bond acceptors (Lipinski definition) is 2. The lowest BCUT2D eigenvalue weighted by atomic mass is 10.2. The second-order valence-electron chi connectivity index (χ2n) is 5.16. The number of amides is 1. The third kappa shape index (κ3) is 2.79. The van der Waals surface area contributed by atoms with Gasteiger partial charge in [0.2, 0.25) is 0 Å². The van der Waals surface area contributed by atoms with Crippen molar-refractivity contribution in [3.8, 4) is 0 Å². The van der Waals surface area contributed by atoms with Gasteiger partial charge >= 0.3 is 0 Å². The number of carbonyl (C=O) groups is 1. The van der Waals surface area contributed by atoms with E-state index in [0.717, 1.165) is 17.4 Å². The summed E-state index contributed by atoms with van der Waals surface area (Å²) in [6.07, 6.45) is 0. The third-order valence-corrected chi connectivity index (χ3v) is 3.34. The molecule has 2 rings (SSSR count). The van der Waals surface area contributed by atoms with Gasteiger partial charge in [-0.1, -0.05) is 18.2 Å². The maximum Gasteiger partial charge on any atom is 0.267 e. The number of carbonyl (C=O) groups excluding carboxylic acids is 1. The van der Waals surface area contributed by atoms with E-state index in [1.807, 2.05) is 48.8 Å². The van der Waals surface area contributed by atoms with E-state index in [0.29, 0.717) is 12.2 Å². The van der Waals surface area contributed by atoms with Crippen LogP contribution in [0.5, 0.6) is 0 Å². The minimum absolute atomic E-state index is 0.0139. The van der Waals surface area contributed by atoms with Crippen LogP contribution in [0.25, 0.3) is 10.9 Å². The Balaban J connectivity index is 2.23. The Labute approximate surface area is 114 Å². The summed E-state index contributed by atoms with van der Waals surface area (Å²) in [5.41, 5.74) is 3.02. The molecule has 0 fully saturated rings. The van der Waals surface area contributed by atoms with Gasteiger partial charge in [0.25, 0.3) is 5.91 Å². The lowest BCUT2D eigenvalue weighted by Crippen LogP contribution is -2.32. The van der Waals surface area contributed by atoms with E-state index in [9.17, 15) is 4.79 Å². The highest BCUT2D eigenvalue weighted by atomic mass is 16.1. The van der Waals surface area contributed by atoms with Gasteiger partial charge in [-0.15, -0.1) is 0 Å². The number of para-hydroxylation sites is 1. The summed E-state index contributed by atoms with van der Waals surface area (Å²) in [6, 6.07) is 8.08. The number of benzene rings is 1. The molecule has 1 N–H and O–H groups in total. The van der Waals surface area contributed by atoms with Gasteiger partial charge in [-0.25, -0.2) is 0 Å². The largest absolute Gasteiger partial charge is 0.349 e. The molecule has 0 aliphatic heterocycles. The molecule has 0 unspecified atom stereocenters. The van der Waals surface area contributed by atoms with E-state index in [4.69, 9.17) is 0 Å². The van der Waals surface area contributed by atoms with Crippen molar-refractivity contribution in [2.45, 2.75) is 6.92 Å². The van der Waals surface area contributed by atoms with Gasteiger partial charge in [-0.3, -0.25) is 4.79 Å². The lowest BCUT2D eigenvalue weighted by Gasteiger charge is -2.11. The molecule has 0 saturated heterocycles. The van der Waals surface area contributed by atoms with Crippen LogP contribution in [0, 0.1) is 6.92 Å². The van der Waals surface area contributed by atoms with E-state index >= 15 is 0 Å². The fourth-order valence-corrected chi connectivity index (χ4v) is 2.32. The number of nitrogens with zero attached hydrogens (tertiary/aromatic N) is 2. The molecule has 0 spiro atoms. The Kier molecular flexibility index (Phi) is 3.90. The van der Waals surface area contributed by atoms with E-state index in [1.165, 1.54) is 5.56 Å². The average molecular weight is 259 g/mol. The van der Waals surface area contributed by atoms with Crippen LogP contribution in [0.2, 0.25) is 0 Å². The number of nitrogens with one attached hydrogen (secondary N) is 1. The second kappa shape index (κ2) is 5.45. The number of hydrogen-bond donors (Lipinski definition) is 1. The lowest BCUT2D eigenvalue weighted by molar-refractivity contribution is 0.0943. The molecular formula is C15H21N3O. The first-order valence-electron chi connectivity index (χ1n) is 6.48. The van der Waals surface area contributed by atoms with Crippen LogP contribution in [0.1, 0.15) is 16.1 Å². The Morgan fingerprint density at radius 2 is 2.11 bits per heavy atom. The highest BCUT2D eigenvalue weighted by Crippen LogP contribution is 2.21. The van der Waals surface area contributed by atoms with Crippen molar-refractivity contribution >= 4 is 16.8 Å². The number of aryl methyl sites for hydroxylation is 2. The summed E-state index contributed by atoms with van der Waals surface area (Å²) in [4.78, 5) is 14.2. The van der Waals surface area contributed by atoms with Crippen LogP contribution in [-0.4, -0.2) is 42.6 Å². The summed E-state index contributed by atoms with van der Waals surface area (Å²) >= 11 is 0. The number of likely N-dealkylation sites (N-methyl/N-ethyl adjacent to an activating group) is 1. The first-order valence-corrected chi connectivity index (χ1v) is 6.48. The predicted octanol–water partition coefficient (Wildman–Crippen LogP) is 1.78. The summed E-state index contributed by atoms with van der Waals surface area (Å²) in [7, 11) is 5.93. The summed E-state index contributed by atoms with van der Waals surface area (Å²) in [5, 5.41) is 4.06. The van der Waals surface area contributed by atoms with E-state index in [1.54, 1.807) is 0 Å². The minimum atomic E-state index is -0.0139. The Morgan fingerprint density at radius 1 is 1.37 bits per heavy atom. The molecule has 4 heteroatoms. The van der Waals surface area contributed by atoms with Crippen molar-refractivity contribution in [3.63, 3.8) is 0 Å². The fourth-order valence-electron chi connectivity index (χ4n) is 2.32. The molecule has 1 aromatic heterocycles. The highest BCUT2D eigenvalue weighted by Gasteiger charge is 2.13. The van der Waals surface area contributed by atoms with Crippen molar-refractivity contribution in [2.75, 3.05) is 27.2 Å². The van der Waals surface area contributed by atoms with Gasteiger partial charge in [0, 0.05) is 25.5 Å². The van der Waals surface area contributed by atoms with Gasteiger partial charge in [0.05, 0.1) is 5.52 Å². The van der Waals surface area contributed by atoms with Crippen molar-refractivity contribution in [1.29, 1.82) is 0 Å². The van der Waals surface area contributed by atoms with Crippen molar-refractivity contribution < 1.29 is 4.79 Å². The molecule has 19 heavy (non-hydrogen) atoms. The monoisotopic (exact) mass is 259 g/mol. The van der Waals surface area contributed by atoms with Gasteiger partial charge in [0.1, 0.15) is 5.69 Å². The normalized spacial score (nSPS) is 11.2.